The summed E-state index contributed by atoms with van der Waals surface area (Å²) in [4.78, 5) is 12.5. The Bertz CT molecular complexity index is 874. The fraction of sp³-hybridized carbons (Fsp3) is 0.316. The van der Waals surface area contributed by atoms with Gasteiger partial charge in [-0.3, -0.25) is 9.52 Å². The van der Waals surface area contributed by atoms with Crippen molar-refractivity contribution in [1.82, 2.24) is 5.32 Å². The number of aryl methyl sites for hydroxylation is 2. The number of benzene rings is 2. The molecule has 5 nitrogen and oxygen atoms in total. The first-order valence-electron chi connectivity index (χ1n) is 8.18. The van der Waals surface area contributed by atoms with Crippen molar-refractivity contribution in [3.8, 4) is 0 Å². The highest BCUT2D eigenvalue weighted by Gasteiger charge is 2.19. The third-order valence-corrected chi connectivity index (χ3v) is 5.24. The first kappa shape index (κ1) is 19.0. The van der Waals surface area contributed by atoms with Crippen molar-refractivity contribution in [3.05, 3.63) is 59.2 Å². The summed E-state index contributed by atoms with van der Waals surface area (Å²) in [6.45, 7) is 8.30. The molecule has 0 fully saturated rings. The first-order valence-corrected chi connectivity index (χ1v) is 9.66. The van der Waals surface area contributed by atoms with Gasteiger partial charge in [0, 0.05) is 6.54 Å². The summed E-state index contributed by atoms with van der Waals surface area (Å²) in [7, 11) is -3.77. The molecule has 0 bridgehead atoms. The Hall–Kier alpha value is -2.34. The van der Waals surface area contributed by atoms with E-state index in [-0.39, 0.29) is 16.5 Å². The molecule has 0 saturated heterocycles. The van der Waals surface area contributed by atoms with E-state index in [9.17, 15) is 13.2 Å². The van der Waals surface area contributed by atoms with Gasteiger partial charge in [0.1, 0.15) is 0 Å². The third kappa shape index (κ3) is 4.82. The van der Waals surface area contributed by atoms with E-state index in [1.54, 1.807) is 42.5 Å². The van der Waals surface area contributed by atoms with Crippen LogP contribution in [-0.2, 0) is 10.0 Å². The summed E-state index contributed by atoms with van der Waals surface area (Å²) in [5.74, 6) is 0.00965. The lowest BCUT2D eigenvalue weighted by molar-refractivity contribution is 0.0950. The van der Waals surface area contributed by atoms with E-state index < -0.39 is 10.0 Å². The second kappa shape index (κ2) is 7.70. The van der Waals surface area contributed by atoms with Crippen molar-refractivity contribution >= 4 is 21.6 Å². The van der Waals surface area contributed by atoms with Crippen LogP contribution in [0.3, 0.4) is 0 Å². The predicted molar refractivity (Wildman–Crippen MR) is 100 cm³/mol. The minimum Gasteiger partial charge on any atom is -0.352 e. The topological polar surface area (TPSA) is 75.3 Å². The standard InChI is InChI=1S/C19H24N2O3S/c1-13(2)12-20-19(22)17-7-5-6-8-18(17)21-25(23,24)16-10-9-14(3)15(4)11-16/h5-11,13,21H,12H2,1-4H3,(H,20,22). The van der Waals surface area contributed by atoms with Gasteiger partial charge in [0.15, 0.2) is 0 Å². The van der Waals surface area contributed by atoms with Crippen molar-refractivity contribution in [2.45, 2.75) is 32.6 Å². The molecule has 0 spiro atoms. The van der Waals surface area contributed by atoms with Crippen LogP contribution in [0.2, 0.25) is 0 Å². The second-order valence-electron chi connectivity index (χ2n) is 6.50. The molecule has 0 unspecified atom stereocenters. The van der Waals surface area contributed by atoms with Gasteiger partial charge in [0.2, 0.25) is 0 Å². The van der Waals surface area contributed by atoms with Crippen LogP contribution in [0.4, 0.5) is 5.69 Å². The Morgan fingerprint density at radius 1 is 1.04 bits per heavy atom. The van der Waals surface area contributed by atoms with Gasteiger partial charge in [-0.2, -0.15) is 0 Å². The minimum atomic E-state index is -3.77. The quantitative estimate of drug-likeness (QED) is 0.828. The Kier molecular flexibility index (Phi) is 5.85. The number of hydrogen-bond donors (Lipinski definition) is 2. The Labute approximate surface area is 149 Å². The van der Waals surface area contributed by atoms with Crippen LogP contribution < -0.4 is 10.0 Å². The molecular weight excluding hydrogens is 336 g/mol. The molecule has 2 N–H and O–H groups in total. The summed E-state index contributed by atoms with van der Waals surface area (Å²) >= 11 is 0. The summed E-state index contributed by atoms with van der Waals surface area (Å²) in [5, 5.41) is 2.81. The molecule has 0 aromatic heterocycles. The van der Waals surface area contributed by atoms with Crippen molar-refractivity contribution in [2.24, 2.45) is 5.92 Å². The average molecular weight is 360 g/mol. The largest absolute Gasteiger partial charge is 0.352 e. The first-order chi connectivity index (χ1) is 11.7. The number of para-hydroxylation sites is 1. The van der Waals surface area contributed by atoms with Gasteiger partial charge in [-0.15, -0.1) is 0 Å². The molecule has 6 heteroatoms. The van der Waals surface area contributed by atoms with Crippen LogP contribution in [0, 0.1) is 19.8 Å². The van der Waals surface area contributed by atoms with E-state index >= 15 is 0 Å². The highest BCUT2D eigenvalue weighted by molar-refractivity contribution is 7.92. The number of amides is 1. The fourth-order valence-electron chi connectivity index (χ4n) is 2.25. The molecule has 25 heavy (non-hydrogen) atoms. The maximum Gasteiger partial charge on any atom is 0.261 e. The maximum atomic E-state index is 12.7. The maximum absolute atomic E-state index is 12.7. The molecule has 0 atom stereocenters. The summed E-state index contributed by atoms with van der Waals surface area (Å²) < 4.78 is 27.9. The number of sulfonamides is 1. The van der Waals surface area contributed by atoms with Crippen LogP contribution in [0.1, 0.15) is 35.3 Å². The Morgan fingerprint density at radius 3 is 2.36 bits per heavy atom. The SMILES string of the molecule is Cc1ccc(S(=O)(=O)Nc2ccccc2C(=O)NCC(C)C)cc1C. The number of hydrogen-bond acceptors (Lipinski definition) is 3. The van der Waals surface area contributed by atoms with E-state index in [1.165, 1.54) is 0 Å². The Balaban J connectivity index is 2.30. The molecule has 2 aromatic rings. The number of rotatable bonds is 6. The highest BCUT2D eigenvalue weighted by atomic mass is 32.2. The molecule has 0 aliphatic heterocycles. The van der Waals surface area contributed by atoms with Crippen molar-refractivity contribution in [2.75, 3.05) is 11.3 Å². The number of carbonyl (C=O) groups excluding carboxylic acids is 1. The summed E-state index contributed by atoms with van der Waals surface area (Å²) in [6, 6.07) is 11.5. The van der Waals surface area contributed by atoms with Gasteiger partial charge in [0.05, 0.1) is 16.1 Å². The van der Waals surface area contributed by atoms with Gasteiger partial charge in [-0.25, -0.2) is 8.42 Å². The lowest BCUT2D eigenvalue weighted by Gasteiger charge is -2.14. The van der Waals surface area contributed by atoms with Gasteiger partial charge < -0.3 is 5.32 Å². The summed E-state index contributed by atoms with van der Waals surface area (Å²) in [6.07, 6.45) is 0. The van der Waals surface area contributed by atoms with Crippen LogP contribution >= 0.6 is 0 Å². The lowest BCUT2D eigenvalue weighted by Crippen LogP contribution is -2.28. The van der Waals surface area contributed by atoms with Gasteiger partial charge in [-0.1, -0.05) is 32.0 Å². The average Bonchev–Trinajstić information content (AvgIpc) is 2.55. The summed E-state index contributed by atoms with van der Waals surface area (Å²) in [5.41, 5.74) is 2.48. The van der Waals surface area contributed by atoms with E-state index in [4.69, 9.17) is 0 Å². The molecule has 0 aliphatic carbocycles. The van der Waals surface area contributed by atoms with Gasteiger partial charge in [0.25, 0.3) is 15.9 Å². The second-order valence-corrected chi connectivity index (χ2v) is 8.18. The molecule has 0 saturated carbocycles. The zero-order valence-corrected chi connectivity index (χ0v) is 15.8. The van der Waals surface area contributed by atoms with Crippen molar-refractivity contribution in [1.29, 1.82) is 0 Å². The molecule has 0 heterocycles. The van der Waals surface area contributed by atoms with E-state index in [1.807, 2.05) is 27.7 Å². The normalized spacial score (nSPS) is 11.4. The van der Waals surface area contributed by atoms with Crippen LogP contribution in [0.15, 0.2) is 47.4 Å². The van der Waals surface area contributed by atoms with Crippen LogP contribution in [0.5, 0.6) is 0 Å². The van der Waals surface area contributed by atoms with E-state index in [0.29, 0.717) is 18.0 Å². The van der Waals surface area contributed by atoms with Crippen LogP contribution in [-0.4, -0.2) is 20.9 Å². The van der Waals surface area contributed by atoms with Crippen molar-refractivity contribution < 1.29 is 13.2 Å². The zero-order valence-electron chi connectivity index (χ0n) is 15.0. The molecule has 0 radical (unpaired) electrons. The number of carbonyl (C=O) groups is 1. The molecular formula is C19H24N2O3S. The lowest BCUT2D eigenvalue weighted by atomic mass is 10.1. The molecule has 1 amide bonds. The van der Waals surface area contributed by atoms with Gasteiger partial charge >= 0.3 is 0 Å². The molecule has 2 rings (SSSR count). The van der Waals surface area contributed by atoms with Crippen molar-refractivity contribution in [3.63, 3.8) is 0 Å². The monoisotopic (exact) mass is 360 g/mol. The fourth-order valence-corrected chi connectivity index (χ4v) is 3.41. The van der Waals surface area contributed by atoms with Crippen LogP contribution in [0.25, 0.3) is 0 Å². The number of anilines is 1. The van der Waals surface area contributed by atoms with E-state index in [0.717, 1.165) is 11.1 Å². The zero-order chi connectivity index (χ0) is 18.6. The smallest absolute Gasteiger partial charge is 0.261 e. The van der Waals surface area contributed by atoms with E-state index in [2.05, 4.69) is 10.0 Å². The highest BCUT2D eigenvalue weighted by Crippen LogP contribution is 2.21. The Morgan fingerprint density at radius 2 is 1.72 bits per heavy atom. The third-order valence-electron chi connectivity index (χ3n) is 3.88. The molecule has 2 aromatic carbocycles. The molecule has 0 aliphatic rings. The predicted octanol–water partition coefficient (Wildman–Crippen LogP) is 3.49. The van der Waals surface area contributed by atoms with Gasteiger partial charge in [-0.05, 0) is 55.2 Å². The minimum absolute atomic E-state index is 0.174. The number of nitrogens with one attached hydrogen (secondary N) is 2. The molecule has 134 valence electrons.